The van der Waals surface area contributed by atoms with Crippen LogP contribution in [0.1, 0.15) is 0 Å². The van der Waals surface area contributed by atoms with E-state index in [9.17, 15) is 4.79 Å². The largest absolute Gasteiger partial charge is 0.344 e. The van der Waals surface area contributed by atoms with Gasteiger partial charge in [0.1, 0.15) is 5.82 Å². The summed E-state index contributed by atoms with van der Waals surface area (Å²) < 4.78 is 0. The van der Waals surface area contributed by atoms with Crippen LogP contribution < -0.4 is 10.8 Å². The Morgan fingerprint density at radius 3 is 2.91 bits per heavy atom. The van der Waals surface area contributed by atoms with Crippen LogP contribution in [0.3, 0.4) is 0 Å². The fraction of sp³-hybridized carbons (Fsp3) is 0. The molecule has 0 radical (unpaired) electrons. The molecule has 11 heavy (non-hydrogen) atoms. The SMILES string of the molecule is O=C(NO)Nc1ccccn1. The molecule has 1 aromatic rings. The summed E-state index contributed by atoms with van der Waals surface area (Å²) in [5, 5.41) is 10.4. The number of anilines is 1. The van der Waals surface area contributed by atoms with Gasteiger partial charge in [-0.2, -0.15) is 0 Å². The highest BCUT2D eigenvalue weighted by atomic mass is 16.5. The number of hydrogen-bond donors (Lipinski definition) is 3. The second kappa shape index (κ2) is 3.52. The molecule has 0 aliphatic rings. The van der Waals surface area contributed by atoms with Gasteiger partial charge in [0.25, 0.3) is 0 Å². The van der Waals surface area contributed by atoms with Gasteiger partial charge >= 0.3 is 6.03 Å². The molecule has 5 nitrogen and oxygen atoms in total. The van der Waals surface area contributed by atoms with E-state index in [4.69, 9.17) is 5.21 Å². The van der Waals surface area contributed by atoms with Crippen LogP contribution in [0.25, 0.3) is 0 Å². The molecule has 3 N–H and O–H groups in total. The third kappa shape index (κ3) is 2.23. The van der Waals surface area contributed by atoms with Crippen LogP contribution in [0, 0.1) is 0 Å². The van der Waals surface area contributed by atoms with E-state index in [2.05, 4.69) is 10.3 Å². The van der Waals surface area contributed by atoms with Crippen LogP contribution in [0.4, 0.5) is 10.6 Å². The smallest absolute Gasteiger partial charge is 0.291 e. The normalized spacial score (nSPS) is 8.82. The summed E-state index contributed by atoms with van der Waals surface area (Å²) in [6, 6.07) is 4.35. The summed E-state index contributed by atoms with van der Waals surface area (Å²) in [5.74, 6) is 0.388. The molecule has 0 spiro atoms. The molecule has 1 rings (SSSR count). The molecular formula is C6H7N3O2. The zero-order valence-corrected chi connectivity index (χ0v) is 5.61. The topological polar surface area (TPSA) is 74.2 Å². The minimum absolute atomic E-state index is 0.388. The highest BCUT2D eigenvalue weighted by Crippen LogP contribution is 1.97. The lowest BCUT2D eigenvalue weighted by atomic mass is 10.5. The van der Waals surface area contributed by atoms with Gasteiger partial charge in [-0.25, -0.2) is 15.3 Å². The molecule has 5 heteroatoms. The Kier molecular flexibility index (Phi) is 2.40. The Morgan fingerprint density at radius 2 is 2.36 bits per heavy atom. The highest BCUT2D eigenvalue weighted by Gasteiger charge is 1.97. The van der Waals surface area contributed by atoms with Gasteiger partial charge < -0.3 is 0 Å². The van der Waals surface area contributed by atoms with E-state index in [1.54, 1.807) is 18.2 Å². The van der Waals surface area contributed by atoms with Crippen molar-refractivity contribution in [3.05, 3.63) is 24.4 Å². The Balaban J connectivity index is 2.58. The predicted octanol–water partition coefficient (Wildman–Crippen LogP) is 0.592. The number of carbonyl (C=O) groups excluding carboxylic acids is 1. The summed E-state index contributed by atoms with van der Waals surface area (Å²) >= 11 is 0. The van der Waals surface area contributed by atoms with E-state index in [1.807, 2.05) is 0 Å². The molecule has 0 fully saturated rings. The fourth-order valence-electron chi connectivity index (χ4n) is 0.581. The van der Waals surface area contributed by atoms with Gasteiger partial charge in [-0.05, 0) is 12.1 Å². The summed E-state index contributed by atoms with van der Waals surface area (Å²) in [6.45, 7) is 0. The summed E-state index contributed by atoms with van der Waals surface area (Å²) in [7, 11) is 0. The van der Waals surface area contributed by atoms with Crippen LogP contribution in [0.2, 0.25) is 0 Å². The molecule has 0 bridgehead atoms. The van der Waals surface area contributed by atoms with Crippen molar-refractivity contribution >= 4 is 11.8 Å². The zero-order valence-electron chi connectivity index (χ0n) is 5.61. The van der Waals surface area contributed by atoms with Crippen molar-refractivity contribution in [2.24, 2.45) is 0 Å². The van der Waals surface area contributed by atoms with Crippen molar-refractivity contribution in [2.75, 3.05) is 5.32 Å². The molecule has 0 atom stereocenters. The number of hydrogen-bond acceptors (Lipinski definition) is 3. The summed E-state index contributed by atoms with van der Waals surface area (Å²) in [5.41, 5.74) is 1.42. The lowest BCUT2D eigenvalue weighted by molar-refractivity contribution is 0.172. The molecule has 1 heterocycles. The Morgan fingerprint density at radius 1 is 1.55 bits per heavy atom. The van der Waals surface area contributed by atoms with E-state index in [0.717, 1.165) is 0 Å². The molecule has 0 saturated heterocycles. The van der Waals surface area contributed by atoms with Crippen molar-refractivity contribution in [1.82, 2.24) is 10.5 Å². The lowest BCUT2D eigenvalue weighted by Gasteiger charge is -1.99. The van der Waals surface area contributed by atoms with E-state index >= 15 is 0 Å². The lowest BCUT2D eigenvalue weighted by Crippen LogP contribution is -2.25. The number of hydroxylamine groups is 1. The molecule has 0 saturated carbocycles. The third-order valence-electron chi connectivity index (χ3n) is 1.01. The maximum absolute atomic E-state index is 10.5. The van der Waals surface area contributed by atoms with Crippen molar-refractivity contribution in [1.29, 1.82) is 0 Å². The van der Waals surface area contributed by atoms with Crippen LogP contribution in [0.15, 0.2) is 24.4 Å². The van der Waals surface area contributed by atoms with Gasteiger partial charge in [-0.1, -0.05) is 6.07 Å². The number of amides is 2. The first-order valence-electron chi connectivity index (χ1n) is 2.95. The highest BCUT2D eigenvalue weighted by molar-refractivity contribution is 5.87. The standard InChI is InChI=1S/C6H7N3O2/c10-6(9-11)8-5-3-1-2-4-7-5/h1-4,11H,(H2,7,8,9,10). The molecule has 0 aliphatic carbocycles. The van der Waals surface area contributed by atoms with Gasteiger partial charge in [0.2, 0.25) is 0 Å². The second-order valence-electron chi connectivity index (χ2n) is 1.78. The van der Waals surface area contributed by atoms with Gasteiger partial charge in [0, 0.05) is 6.20 Å². The van der Waals surface area contributed by atoms with E-state index in [1.165, 1.54) is 11.7 Å². The number of carbonyl (C=O) groups is 1. The number of pyridine rings is 1. The third-order valence-corrected chi connectivity index (χ3v) is 1.01. The maximum atomic E-state index is 10.5. The second-order valence-corrected chi connectivity index (χ2v) is 1.78. The monoisotopic (exact) mass is 153 g/mol. The van der Waals surface area contributed by atoms with Crippen LogP contribution >= 0.6 is 0 Å². The Labute approximate surface area is 63.0 Å². The van der Waals surface area contributed by atoms with Gasteiger partial charge in [-0.3, -0.25) is 10.5 Å². The number of rotatable bonds is 1. The van der Waals surface area contributed by atoms with Gasteiger partial charge in [0.15, 0.2) is 0 Å². The Hall–Kier alpha value is -1.62. The summed E-state index contributed by atoms with van der Waals surface area (Å²) in [4.78, 5) is 14.3. The first-order chi connectivity index (χ1) is 5.33. The Bertz CT molecular complexity index is 237. The number of nitrogens with one attached hydrogen (secondary N) is 2. The predicted molar refractivity (Wildman–Crippen MR) is 38.2 cm³/mol. The van der Waals surface area contributed by atoms with Gasteiger partial charge in [0.05, 0.1) is 0 Å². The summed E-state index contributed by atoms with van der Waals surface area (Å²) in [6.07, 6.45) is 1.53. The minimum atomic E-state index is -0.705. The average Bonchev–Trinajstić information content (AvgIpc) is 2.06. The minimum Gasteiger partial charge on any atom is -0.291 e. The van der Waals surface area contributed by atoms with E-state index in [0.29, 0.717) is 5.82 Å². The van der Waals surface area contributed by atoms with E-state index in [-0.39, 0.29) is 0 Å². The molecular weight excluding hydrogens is 146 g/mol. The molecule has 58 valence electrons. The zero-order chi connectivity index (χ0) is 8.10. The average molecular weight is 153 g/mol. The maximum Gasteiger partial charge on any atom is 0.344 e. The molecule has 2 amide bonds. The molecule has 0 aromatic carbocycles. The first-order valence-corrected chi connectivity index (χ1v) is 2.95. The molecule has 1 aromatic heterocycles. The molecule has 0 aliphatic heterocycles. The van der Waals surface area contributed by atoms with Crippen molar-refractivity contribution in [3.8, 4) is 0 Å². The number of urea groups is 1. The van der Waals surface area contributed by atoms with Gasteiger partial charge in [-0.15, -0.1) is 0 Å². The van der Waals surface area contributed by atoms with Crippen LogP contribution in [-0.2, 0) is 0 Å². The fourth-order valence-corrected chi connectivity index (χ4v) is 0.581. The first kappa shape index (κ1) is 7.49. The van der Waals surface area contributed by atoms with Crippen molar-refractivity contribution < 1.29 is 10.0 Å². The van der Waals surface area contributed by atoms with E-state index < -0.39 is 6.03 Å². The molecule has 0 unspecified atom stereocenters. The quantitative estimate of drug-likeness (QED) is 0.408. The van der Waals surface area contributed by atoms with Crippen molar-refractivity contribution in [2.45, 2.75) is 0 Å². The number of aromatic nitrogens is 1. The van der Waals surface area contributed by atoms with Crippen molar-refractivity contribution in [3.63, 3.8) is 0 Å². The van der Waals surface area contributed by atoms with Crippen LogP contribution in [0.5, 0.6) is 0 Å². The van der Waals surface area contributed by atoms with Crippen LogP contribution in [-0.4, -0.2) is 16.2 Å². The number of nitrogens with zero attached hydrogens (tertiary/aromatic N) is 1.